The summed E-state index contributed by atoms with van der Waals surface area (Å²) in [5.41, 5.74) is -1.26. The van der Waals surface area contributed by atoms with Crippen molar-refractivity contribution in [1.29, 1.82) is 0 Å². The summed E-state index contributed by atoms with van der Waals surface area (Å²) in [7, 11) is 1.46. The first-order valence-electron chi connectivity index (χ1n) is 9.65. The van der Waals surface area contributed by atoms with E-state index >= 15 is 0 Å². The third-order valence-corrected chi connectivity index (χ3v) is 5.48. The Hall–Kier alpha value is -3.32. The maximum atomic E-state index is 14.3. The lowest BCUT2D eigenvalue weighted by Crippen LogP contribution is -2.43. The summed E-state index contributed by atoms with van der Waals surface area (Å²) in [6, 6.07) is 16.1. The second-order valence-electron chi connectivity index (χ2n) is 7.52. The molecule has 0 saturated heterocycles. The van der Waals surface area contributed by atoms with Crippen LogP contribution in [0.25, 0.3) is 16.6 Å². The Morgan fingerprint density at radius 2 is 1.55 bits per heavy atom. The largest absolute Gasteiger partial charge is 0.496 e. The molecule has 1 aromatic heterocycles. The zero-order chi connectivity index (χ0) is 22.4. The van der Waals surface area contributed by atoms with Crippen LogP contribution in [-0.4, -0.2) is 28.2 Å². The molecule has 4 nitrogen and oxygen atoms in total. The molecule has 0 radical (unpaired) electrons. The fourth-order valence-corrected chi connectivity index (χ4v) is 4.01. The number of hydrogen-bond acceptors (Lipinski definition) is 3. The highest BCUT2D eigenvalue weighted by atomic mass is 19.4. The Kier molecular flexibility index (Phi) is 5.01. The zero-order valence-corrected chi connectivity index (χ0v) is 17.2. The van der Waals surface area contributed by atoms with E-state index < -0.39 is 11.8 Å². The Balaban J connectivity index is 1.90. The summed E-state index contributed by atoms with van der Waals surface area (Å²) in [4.78, 5) is 0. The van der Waals surface area contributed by atoms with Gasteiger partial charge in [0.25, 0.3) is 0 Å². The van der Waals surface area contributed by atoms with Gasteiger partial charge in [0.1, 0.15) is 5.75 Å². The molecule has 0 amide bonds. The average Bonchev–Trinajstić information content (AvgIpc) is 3.16. The molecule has 31 heavy (non-hydrogen) atoms. The number of aromatic nitrogens is 2. The van der Waals surface area contributed by atoms with Crippen LogP contribution in [0.5, 0.6) is 5.75 Å². The number of nitrogens with zero attached hydrogens (tertiary/aromatic N) is 2. The minimum Gasteiger partial charge on any atom is -0.496 e. The van der Waals surface area contributed by atoms with Crippen molar-refractivity contribution in [3.8, 4) is 11.4 Å². The van der Waals surface area contributed by atoms with Gasteiger partial charge in [-0.15, -0.1) is 0 Å². The molecule has 0 aliphatic rings. The predicted molar refractivity (Wildman–Crippen MR) is 113 cm³/mol. The first-order chi connectivity index (χ1) is 14.7. The standard InChI is InChI=1S/C24H21F3N2O2/c1-15-11-19(12-16(2)22(15)31-3)23(30,24(25,26)27)18-9-10-21-17(13-18)14-28-29(21)20-7-5-4-6-8-20/h4-14,30H,1-3H3. The van der Waals surface area contributed by atoms with Gasteiger partial charge in [-0.25, -0.2) is 4.68 Å². The molecule has 0 spiro atoms. The van der Waals surface area contributed by atoms with E-state index in [1.54, 1.807) is 24.6 Å². The molecule has 7 heteroatoms. The van der Waals surface area contributed by atoms with Crippen molar-refractivity contribution in [3.63, 3.8) is 0 Å². The Morgan fingerprint density at radius 3 is 2.13 bits per heavy atom. The summed E-state index contributed by atoms with van der Waals surface area (Å²) in [6.07, 6.45) is -3.45. The number of hydrogen-bond donors (Lipinski definition) is 1. The van der Waals surface area contributed by atoms with Crippen LogP contribution in [0.4, 0.5) is 13.2 Å². The molecule has 0 aliphatic carbocycles. The molecule has 0 aliphatic heterocycles. The summed E-state index contributed by atoms with van der Waals surface area (Å²) in [5.74, 6) is 0.493. The van der Waals surface area contributed by atoms with Gasteiger partial charge in [-0.2, -0.15) is 18.3 Å². The number of halogens is 3. The van der Waals surface area contributed by atoms with Crippen molar-refractivity contribution in [1.82, 2.24) is 9.78 Å². The molecule has 1 heterocycles. The van der Waals surface area contributed by atoms with E-state index in [0.29, 0.717) is 27.8 Å². The number of fused-ring (bicyclic) bond motifs is 1. The molecule has 1 N–H and O–H groups in total. The van der Waals surface area contributed by atoms with Crippen LogP contribution >= 0.6 is 0 Å². The lowest BCUT2D eigenvalue weighted by atomic mass is 9.83. The molecule has 4 aromatic rings. The zero-order valence-electron chi connectivity index (χ0n) is 17.2. The molecular weight excluding hydrogens is 405 g/mol. The second kappa shape index (κ2) is 7.42. The minimum atomic E-state index is -4.94. The predicted octanol–water partition coefficient (Wildman–Crippen LogP) is 5.45. The quantitative estimate of drug-likeness (QED) is 0.472. The molecule has 1 atom stereocenters. The lowest BCUT2D eigenvalue weighted by Gasteiger charge is -2.32. The fourth-order valence-electron chi connectivity index (χ4n) is 4.01. The van der Waals surface area contributed by atoms with Crippen LogP contribution in [-0.2, 0) is 5.60 Å². The van der Waals surface area contributed by atoms with Gasteiger partial charge < -0.3 is 9.84 Å². The highest BCUT2D eigenvalue weighted by molar-refractivity contribution is 5.81. The molecular formula is C24H21F3N2O2. The second-order valence-corrected chi connectivity index (χ2v) is 7.52. The number of ether oxygens (including phenoxy) is 1. The maximum absolute atomic E-state index is 14.3. The number of aliphatic hydroxyl groups is 1. The van der Waals surface area contributed by atoms with Crippen molar-refractivity contribution in [2.75, 3.05) is 7.11 Å². The number of benzene rings is 3. The van der Waals surface area contributed by atoms with Gasteiger partial charge in [0, 0.05) is 5.39 Å². The van der Waals surface area contributed by atoms with E-state index in [-0.39, 0.29) is 11.1 Å². The van der Waals surface area contributed by atoms with Gasteiger partial charge in [-0.05, 0) is 72.5 Å². The molecule has 0 saturated carbocycles. The van der Waals surface area contributed by atoms with Gasteiger partial charge in [0.05, 0.1) is 24.5 Å². The number of alkyl halides is 3. The van der Waals surface area contributed by atoms with Crippen molar-refractivity contribution in [3.05, 3.63) is 89.1 Å². The van der Waals surface area contributed by atoms with Crippen LogP contribution in [0.3, 0.4) is 0 Å². The first kappa shape index (κ1) is 20.9. The molecule has 4 rings (SSSR count). The SMILES string of the molecule is COc1c(C)cc(C(O)(c2ccc3c(cnn3-c3ccccc3)c2)C(F)(F)F)cc1C. The van der Waals surface area contributed by atoms with E-state index in [4.69, 9.17) is 4.74 Å². The van der Waals surface area contributed by atoms with Crippen LogP contribution < -0.4 is 4.74 Å². The molecule has 3 aromatic carbocycles. The highest BCUT2D eigenvalue weighted by Crippen LogP contribution is 2.46. The van der Waals surface area contributed by atoms with Gasteiger partial charge >= 0.3 is 6.18 Å². The lowest BCUT2D eigenvalue weighted by molar-refractivity contribution is -0.248. The minimum absolute atomic E-state index is 0.259. The average molecular weight is 426 g/mol. The smallest absolute Gasteiger partial charge is 0.425 e. The summed E-state index contributed by atoms with van der Waals surface area (Å²) < 4.78 is 49.8. The first-order valence-corrected chi connectivity index (χ1v) is 9.65. The summed E-state index contributed by atoms with van der Waals surface area (Å²) >= 11 is 0. The van der Waals surface area contributed by atoms with E-state index in [1.807, 2.05) is 30.3 Å². The maximum Gasteiger partial charge on any atom is 0.425 e. The Bertz CT molecular complexity index is 1230. The van der Waals surface area contributed by atoms with Gasteiger partial charge in [0.2, 0.25) is 5.60 Å². The van der Waals surface area contributed by atoms with Gasteiger partial charge in [-0.3, -0.25) is 0 Å². The van der Waals surface area contributed by atoms with Crippen molar-refractivity contribution >= 4 is 10.9 Å². The third-order valence-electron chi connectivity index (χ3n) is 5.48. The van der Waals surface area contributed by atoms with Crippen molar-refractivity contribution in [2.45, 2.75) is 25.6 Å². The normalized spacial score (nSPS) is 13.9. The topological polar surface area (TPSA) is 47.3 Å². The van der Waals surface area contributed by atoms with Crippen LogP contribution in [0.15, 0.2) is 66.9 Å². The van der Waals surface area contributed by atoms with E-state index in [1.165, 1.54) is 37.6 Å². The van der Waals surface area contributed by atoms with E-state index in [2.05, 4.69) is 5.10 Å². The number of methoxy groups -OCH3 is 1. The van der Waals surface area contributed by atoms with Crippen LogP contribution in [0.2, 0.25) is 0 Å². The number of aryl methyl sites for hydroxylation is 2. The van der Waals surface area contributed by atoms with Crippen molar-refractivity contribution in [2.24, 2.45) is 0 Å². The fraction of sp³-hybridized carbons (Fsp3) is 0.208. The number of para-hydroxylation sites is 1. The van der Waals surface area contributed by atoms with Gasteiger partial charge in [-0.1, -0.05) is 24.3 Å². The molecule has 160 valence electrons. The molecule has 1 unspecified atom stereocenters. The number of rotatable bonds is 4. The van der Waals surface area contributed by atoms with Gasteiger partial charge in [0.15, 0.2) is 0 Å². The summed E-state index contributed by atoms with van der Waals surface area (Å²) in [6.45, 7) is 3.30. The molecule has 0 bridgehead atoms. The van der Waals surface area contributed by atoms with E-state index in [0.717, 1.165) is 5.69 Å². The van der Waals surface area contributed by atoms with Crippen LogP contribution in [0, 0.1) is 13.8 Å². The highest BCUT2D eigenvalue weighted by Gasteiger charge is 2.56. The van der Waals surface area contributed by atoms with Crippen molar-refractivity contribution < 1.29 is 23.0 Å². The van der Waals surface area contributed by atoms with E-state index in [9.17, 15) is 18.3 Å². The monoisotopic (exact) mass is 426 g/mol. The van der Waals surface area contributed by atoms with Crippen LogP contribution in [0.1, 0.15) is 22.3 Å². The third kappa shape index (κ3) is 3.35. The Labute approximate surface area is 177 Å². The molecule has 0 fully saturated rings. The summed E-state index contributed by atoms with van der Waals surface area (Å²) in [5, 5.41) is 15.9. The Morgan fingerprint density at radius 1 is 0.903 bits per heavy atom.